The Kier molecular flexibility index (Phi) is 6.23. The van der Waals surface area contributed by atoms with Crippen molar-refractivity contribution in [3.05, 3.63) is 34.1 Å². The molecule has 0 atom stereocenters. The summed E-state index contributed by atoms with van der Waals surface area (Å²) in [5.41, 5.74) is 0.533. The maximum absolute atomic E-state index is 13.8. The second-order valence-corrected chi connectivity index (χ2v) is 5.61. The summed E-state index contributed by atoms with van der Waals surface area (Å²) in [5, 5.41) is 2.30. The SMILES string of the molecule is COC(=O)Oc1nc(-c2ccc(F)c(OC)c2Cl)cc(NC(C)=O)c1Cl. The van der Waals surface area contributed by atoms with E-state index in [-0.39, 0.29) is 38.6 Å². The lowest BCUT2D eigenvalue weighted by Crippen LogP contribution is -2.12. The standard InChI is InChI=1S/C16H13Cl2FN2O5/c1-7(22)20-11-6-10(21-15(13(11)18)26-16(23)25-3)8-4-5-9(19)14(24-2)12(8)17/h4-6H,1-3H3,(H,20,21,22). The van der Waals surface area contributed by atoms with Gasteiger partial charge in [-0.15, -0.1) is 0 Å². The van der Waals surface area contributed by atoms with E-state index in [0.29, 0.717) is 0 Å². The molecule has 7 nitrogen and oxygen atoms in total. The van der Waals surface area contributed by atoms with Gasteiger partial charge in [0.25, 0.3) is 0 Å². The molecule has 0 unspecified atom stereocenters. The molecule has 1 amide bonds. The van der Waals surface area contributed by atoms with Crippen molar-refractivity contribution in [2.45, 2.75) is 6.92 Å². The van der Waals surface area contributed by atoms with Crippen LogP contribution in [-0.4, -0.2) is 31.3 Å². The maximum Gasteiger partial charge on any atom is 0.514 e. The normalized spacial score (nSPS) is 10.2. The largest absolute Gasteiger partial charge is 0.514 e. The number of rotatable bonds is 4. The molecule has 1 N–H and O–H groups in total. The van der Waals surface area contributed by atoms with Crippen LogP contribution in [-0.2, 0) is 9.53 Å². The minimum atomic E-state index is -1.06. The Bertz CT molecular complexity index is 876. The molecule has 0 aliphatic heterocycles. The Hall–Kier alpha value is -2.58. The first-order valence-corrected chi connectivity index (χ1v) is 7.80. The van der Waals surface area contributed by atoms with Crippen LogP contribution < -0.4 is 14.8 Å². The topological polar surface area (TPSA) is 86.8 Å². The molecule has 0 radical (unpaired) electrons. The summed E-state index contributed by atoms with van der Waals surface area (Å²) in [6.45, 7) is 1.27. The number of ether oxygens (including phenoxy) is 3. The number of hydrogen-bond donors (Lipinski definition) is 1. The molecular formula is C16H13Cl2FN2O5. The van der Waals surface area contributed by atoms with E-state index < -0.39 is 17.9 Å². The second kappa shape index (κ2) is 8.20. The summed E-state index contributed by atoms with van der Waals surface area (Å²) >= 11 is 12.3. The van der Waals surface area contributed by atoms with E-state index in [4.69, 9.17) is 32.7 Å². The first-order chi connectivity index (χ1) is 12.3. The lowest BCUT2D eigenvalue weighted by molar-refractivity contribution is -0.114. The van der Waals surface area contributed by atoms with Crippen LogP contribution in [0.1, 0.15) is 6.92 Å². The Morgan fingerprint density at radius 1 is 1.19 bits per heavy atom. The molecule has 0 bridgehead atoms. The molecule has 1 aromatic heterocycles. The first-order valence-electron chi connectivity index (χ1n) is 7.04. The Labute approximate surface area is 158 Å². The quantitative estimate of drug-likeness (QED) is 0.766. The van der Waals surface area contributed by atoms with Gasteiger partial charge in [0.05, 0.1) is 30.6 Å². The minimum Gasteiger partial charge on any atom is -0.492 e. The zero-order chi connectivity index (χ0) is 19.4. The van der Waals surface area contributed by atoms with Gasteiger partial charge in [-0.25, -0.2) is 14.2 Å². The van der Waals surface area contributed by atoms with E-state index in [1.54, 1.807) is 0 Å². The number of carbonyl (C=O) groups excluding carboxylic acids is 2. The van der Waals surface area contributed by atoms with Gasteiger partial charge in [0, 0.05) is 12.5 Å². The highest BCUT2D eigenvalue weighted by atomic mass is 35.5. The third-order valence-corrected chi connectivity index (χ3v) is 3.85. The van der Waals surface area contributed by atoms with Gasteiger partial charge in [0.1, 0.15) is 5.02 Å². The van der Waals surface area contributed by atoms with Gasteiger partial charge in [-0.1, -0.05) is 23.2 Å². The van der Waals surface area contributed by atoms with Crippen LogP contribution in [0.5, 0.6) is 11.6 Å². The van der Waals surface area contributed by atoms with Crippen LogP contribution >= 0.6 is 23.2 Å². The van der Waals surface area contributed by atoms with Gasteiger partial charge in [-0.3, -0.25) is 4.79 Å². The van der Waals surface area contributed by atoms with Crippen LogP contribution in [0.4, 0.5) is 14.9 Å². The van der Waals surface area contributed by atoms with Gasteiger partial charge in [-0.05, 0) is 18.2 Å². The predicted molar refractivity (Wildman–Crippen MR) is 93.5 cm³/mol. The molecule has 0 aliphatic rings. The summed E-state index contributed by atoms with van der Waals surface area (Å²) in [7, 11) is 2.37. The molecule has 138 valence electrons. The predicted octanol–water partition coefficient (Wildman–Crippen LogP) is 4.31. The minimum absolute atomic E-state index is 0.0554. The highest BCUT2D eigenvalue weighted by Gasteiger charge is 2.21. The highest BCUT2D eigenvalue weighted by Crippen LogP contribution is 2.40. The molecule has 0 saturated carbocycles. The molecule has 0 spiro atoms. The van der Waals surface area contributed by atoms with Gasteiger partial charge in [0.2, 0.25) is 11.8 Å². The number of halogens is 3. The van der Waals surface area contributed by atoms with Crippen LogP contribution in [0.3, 0.4) is 0 Å². The number of amides is 1. The fraction of sp³-hybridized carbons (Fsp3) is 0.188. The Morgan fingerprint density at radius 3 is 2.46 bits per heavy atom. The summed E-state index contributed by atoms with van der Waals surface area (Å²) in [6, 6.07) is 3.89. The van der Waals surface area contributed by atoms with Crippen molar-refractivity contribution < 1.29 is 28.2 Å². The van der Waals surface area contributed by atoms with E-state index in [2.05, 4.69) is 15.0 Å². The summed E-state index contributed by atoms with van der Waals surface area (Å²) < 4.78 is 28.0. The average Bonchev–Trinajstić information content (AvgIpc) is 2.58. The molecule has 0 aliphatic carbocycles. The number of methoxy groups -OCH3 is 2. The van der Waals surface area contributed by atoms with Crippen molar-refractivity contribution in [1.29, 1.82) is 0 Å². The molecule has 1 aromatic carbocycles. The molecule has 0 fully saturated rings. The number of pyridine rings is 1. The highest BCUT2D eigenvalue weighted by molar-refractivity contribution is 6.36. The fourth-order valence-electron chi connectivity index (χ4n) is 2.03. The Morgan fingerprint density at radius 2 is 1.88 bits per heavy atom. The van der Waals surface area contributed by atoms with Crippen molar-refractivity contribution in [3.63, 3.8) is 0 Å². The number of nitrogens with one attached hydrogen (secondary N) is 1. The second-order valence-electron chi connectivity index (χ2n) is 4.85. The molecule has 0 saturated heterocycles. The number of benzene rings is 1. The van der Waals surface area contributed by atoms with Crippen molar-refractivity contribution in [2.24, 2.45) is 0 Å². The van der Waals surface area contributed by atoms with Crippen molar-refractivity contribution in [1.82, 2.24) is 4.98 Å². The van der Waals surface area contributed by atoms with E-state index in [0.717, 1.165) is 13.2 Å². The monoisotopic (exact) mass is 402 g/mol. The molecule has 1 heterocycles. The summed E-state index contributed by atoms with van der Waals surface area (Å²) in [4.78, 5) is 26.9. The molecule has 10 heteroatoms. The fourth-order valence-corrected chi connectivity index (χ4v) is 2.54. The van der Waals surface area contributed by atoms with Gasteiger partial charge in [-0.2, -0.15) is 0 Å². The zero-order valence-electron chi connectivity index (χ0n) is 13.9. The van der Waals surface area contributed by atoms with Crippen LogP contribution in [0.25, 0.3) is 11.3 Å². The van der Waals surface area contributed by atoms with Gasteiger partial charge >= 0.3 is 6.16 Å². The van der Waals surface area contributed by atoms with E-state index in [1.807, 2.05) is 0 Å². The van der Waals surface area contributed by atoms with E-state index in [9.17, 15) is 14.0 Å². The zero-order valence-corrected chi connectivity index (χ0v) is 15.4. The third-order valence-electron chi connectivity index (χ3n) is 3.11. The number of hydrogen-bond acceptors (Lipinski definition) is 6. The van der Waals surface area contributed by atoms with Crippen LogP contribution in [0, 0.1) is 5.82 Å². The third kappa shape index (κ3) is 4.14. The summed E-state index contributed by atoms with van der Waals surface area (Å²) in [6.07, 6.45) is -1.06. The molecule has 26 heavy (non-hydrogen) atoms. The maximum atomic E-state index is 13.8. The van der Waals surface area contributed by atoms with E-state index in [1.165, 1.54) is 26.2 Å². The molecular weight excluding hydrogens is 390 g/mol. The summed E-state index contributed by atoms with van der Waals surface area (Å²) in [5.74, 6) is -1.59. The Balaban J connectivity index is 2.66. The van der Waals surface area contributed by atoms with Crippen LogP contribution in [0.2, 0.25) is 10.0 Å². The van der Waals surface area contributed by atoms with Crippen molar-refractivity contribution in [3.8, 4) is 22.9 Å². The lowest BCUT2D eigenvalue weighted by atomic mass is 10.1. The smallest absolute Gasteiger partial charge is 0.492 e. The number of carbonyl (C=O) groups is 2. The molecule has 2 aromatic rings. The van der Waals surface area contributed by atoms with E-state index >= 15 is 0 Å². The number of aromatic nitrogens is 1. The number of nitrogens with zero attached hydrogens (tertiary/aromatic N) is 1. The van der Waals surface area contributed by atoms with Crippen molar-refractivity contribution >= 4 is 41.0 Å². The van der Waals surface area contributed by atoms with Crippen LogP contribution in [0.15, 0.2) is 18.2 Å². The van der Waals surface area contributed by atoms with Crippen molar-refractivity contribution in [2.75, 3.05) is 19.5 Å². The average molecular weight is 403 g/mol. The molecule has 2 rings (SSSR count). The van der Waals surface area contributed by atoms with Gasteiger partial charge < -0.3 is 19.5 Å². The first kappa shape index (κ1) is 19.7. The number of anilines is 1. The lowest BCUT2D eigenvalue weighted by Gasteiger charge is -2.14. The van der Waals surface area contributed by atoms with Gasteiger partial charge in [0.15, 0.2) is 11.6 Å².